The van der Waals surface area contributed by atoms with Crippen LogP contribution in [0.2, 0.25) is 0 Å². The number of unbranched alkanes of at least 4 members (excludes halogenated alkanes) is 11. The number of nitrogens with zero attached hydrogens (tertiary/aromatic N) is 2. The number of amides is 1. The second-order valence-corrected chi connectivity index (χ2v) is 15.5. The summed E-state index contributed by atoms with van der Waals surface area (Å²) in [5, 5.41) is 24.1. The molecule has 6 unspecified atom stereocenters. The van der Waals surface area contributed by atoms with Crippen molar-refractivity contribution in [2.45, 2.75) is 134 Å². The Morgan fingerprint density at radius 2 is 1.62 bits per heavy atom. The number of aliphatic hydroxyl groups is 2. The first kappa shape index (κ1) is 44.4. The summed E-state index contributed by atoms with van der Waals surface area (Å²) >= 11 is 0. The molecule has 1 aromatic carbocycles. The zero-order valence-corrected chi connectivity index (χ0v) is 34.1. The number of benzene rings is 1. The lowest BCUT2D eigenvalue weighted by Crippen LogP contribution is -2.69. The number of fused-ring (bicyclic) bond motifs is 2. The van der Waals surface area contributed by atoms with Crippen molar-refractivity contribution in [3.8, 4) is 11.5 Å². The zero-order valence-electron chi connectivity index (χ0n) is 34.1. The number of oxime groups is 1. The SMILES string of the molecule is C=CCOc1ccc2c(c1)C1C(CCCCO)C(CCCCO)C=C3C(=NOC)CC(N(C)C(=O)OCCCCCCCCCCCC)C(OCC=C)(O2)C31. The minimum atomic E-state index is -1.30. The van der Waals surface area contributed by atoms with Crippen LogP contribution in [0.4, 0.5) is 4.79 Å². The van der Waals surface area contributed by atoms with Crippen LogP contribution in [0, 0.1) is 17.8 Å². The second-order valence-electron chi connectivity index (χ2n) is 15.5. The topological polar surface area (TPSA) is 119 Å². The molecule has 1 heterocycles. The van der Waals surface area contributed by atoms with Gasteiger partial charge >= 0.3 is 6.09 Å². The average molecular weight is 767 g/mol. The summed E-state index contributed by atoms with van der Waals surface area (Å²) in [6.07, 6.45) is 22.6. The molecule has 0 saturated heterocycles. The van der Waals surface area contributed by atoms with Gasteiger partial charge in [-0.05, 0) is 67.7 Å². The van der Waals surface area contributed by atoms with Crippen LogP contribution in [-0.2, 0) is 14.3 Å². The number of rotatable bonds is 27. The maximum absolute atomic E-state index is 14.0. The Morgan fingerprint density at radius 1 is 0.945 bits per heavy atom. The summed E-state index contributed by atoms with van der Waals surface area (Å²) in [4.78, 5) is 21.1. The van der Waals surface area contributed by atoms with E-state index in [2.05, 4.69) is 37.4 Å². The molecule has 0 aromatic heterocycles. The number of allylic oxidation sites excluding steroid dienone is 1. The van der Waals surface area contributed by atoms with Gasteiger partial charge in [0.05, 0.1) is 24.8 Å². The average Bonchev–Trinajstić information content (AvgIpc) is 3.19. The molecule has 1 amide bonds. The molecule has 1 aliphatic heterocycles. The van der Waals surface area contributed by atoms with Gasteiger partial charge in [-0.15, -0.1) is 6.58 Å². The number of hydrogen-bond donors (Lipinski definition) is 2. The molecular weight excluding hydrogens is 697 g/mol. The van der Waals surface area contributed by atoms with Crippen LogP contribution in [0.15, 0.2) is 60.3 Å². The maximum Gasteiger partial charge on any atom is 0.409 e. The van der Waals surface area contributed by atoms with Gasteiger partial charge in [0.15, 0.2) is 0 Å². The Bertz CT molecular complexity index is 1400. The van der Waals surface area contributed by atoms with Crippen molar-refractivity contribution in [3.05, 3.63) is 60.7 Å². The van der Waals surface area contributed by atoms with E-state index >= 15 is 0 Å². The van der Waals surface area contributed by atoms with Crippen molar-refractivity contribution in [1.29, 1.82) is 0 Å². The number of carbonyl (C=O) groups excluding carboxylic acids is 1. The molecule has 2 aliphatic carbocycles. The molecule has 0 radical (unpaired) electrons. The molecule has 0 spiro atoms. The summed E-state index contributed by atoms with van der Waals surface area (Å²) in [6.45, 7) is 11.3. The summed E-state index contributed by atoms with van der Waals surface area (Å²) in [5.74, 6) is -0.0850. The van der Waals surface area contributed by atoms with E-state index in [1.165, 1.54) is 44.9 Å². The number of carbonyl (C=O) groups is 1. The molecule has 10 nitrogen and oxygen atoms in total. The van der Waals surface area contributed by atoms with Crippen molar-refractivity contribution < 1.29 is 38.8 Å². The highest BCUT2D eigenvalue weighted by Crippen LogP contribution is 2.61. The molecule has 1 fully saturated rings. The first-order valence-corrected chi connectivity index (χ1v) is 21.1. The summed E-state index contributed by atoms with van der Waals surface area (Å²) in [7, 11) is 3.32. The fourth-order valence-corrected chi connectivity index (χ4v) is 9.06. The van der Waals surface area contributed by atoms with Crippen LogP contribution >= 0.6 is 0 Å². The predicted molar refractivity (Wildman–Crippen MR) is 219 cm³/mol. The van der Waals surface area contributed by atoms with Crippen LogP contribution in [0.5, 0.6) is 11.5 Å². The fourth-order valence-electron chi connectivity index (χ4n) is 9.06. The van der Waals surface area contributed by atoms with Crippen LogP contribution in [0.1, 0.15) is 128 Å². The molecule has 0 bridgehead atoms. The minimum Gasteiger partial charge on any atom is -0.490 e. The number of hydrogen-bond acceptors (Lipinski definition) is 9. The monoisotopic (exact) mass is 767 g/mol. The number of ether oxygens (including phenoxy) is 4. The number of aliphatic hydroxyl groups excluding tert-OH is 2. The molecule has 1 aromatic rings. The van der Waals surface area contributed by atoms with E-state index in [-0.39, 0.29) is 43.5 Å². The minimum absolute atomic E-state index is 0.111. The third-order valence-corrected chi connectivity index (χ3v) is 11.7. The molecule has 4 rings (SSSR count). The van der Waals surface area contributed by atoms with Gasteiger partial charge in [-0.25, -0.2) is 4.79 Å². The van der Waals surface area contributed by atoms with Crippen molar-refractivity contribution in [2.75, 3.05) is 47.2 Å². The van der Waals surface area contributed by atoms with Gasteiger partial charge in [0.25, 0.3) is 0 Å². The van der Waals surface area contributed by atoms with Gasteiger partial charge in [-0.2, -0.15) is 0 Å². The van der Waals surface area contributed by atoms with Crippen molar-refractivity contribution in [2.24, 2.45) is 22.9 Å². The van der Waals surface area contributed by atoms with Gasteiger partial charge in [0, 0.05) is 38.2 Å². The Hall–Kier alpha value is -3.34. The van der Waals surface area contributed by atoms with Crippen LogP contribution in [0.25, 0.3) is 0 Å². The predicted octanol–water partition coefficient (Wildman–Crippen LogP) is 9.50. The molecule has 1 saturated carbocycles. The molecular formula is C45H70N2O8. The summed E-state index contributed by atoms with van der Waals surface area (Å²) < 4.78 is 26.0. The van der Waals surface area contributed by atoms with Crippen molar-refractivity contribution >= 4 is 11.8 Å². The van der Waals surface area contributed by atoms with Gasteiger partial charge < -0.3 is 38.9 Å². The third-order valence-electron chi connectivity index (χ3n) is 11.7. The standard InChI is InChI=1S/C45H70N2O8/c1-6-9-10-11-12-13-14-15-16-21-30-53-44(50)47(4)41-33-39(46-51-5)37-31-34(22-17-19-26-48)36(23-18-20-27-49)42-38-32-35(52-28-7-2)24-25-40(38)55-45(41,43(37)42)54-29-8-3/h7-8,24-25,31-32,34,36,41-43,48-49H,2-3,6,9-23,26-30,33H2,1,4-5H3. The van der Waals surface area contributed by atoms with Gasteiger partial charge in [0.2, 0.25) is 5.79 Å². The lowest BCUT2D eigenvalue weighted by molar-refractivity contribution is -0.253. The van der Waals surface area contributed by atoms with Crippen molar-refractivity contribution in [1.82, 2.24) is 4.90 Å². The Morgan fingerprint density at radius 3 is 2.27 bits per heavy atom. The quantitative estimate of drug-likeness (QED) is 0.0517. The van der Waals surface area contributed by atoms with E-state index in [1.54, 1.807) is 31.2 Å². The molecule has 2 N–H and O–H groups in total. The normalized spacial score (nSPS) is 24.6. The first-order valence-electron chi connectivity index (χ1n) is 21.1. The van der Waals surface area contributed by atoms with Crippen molar-refractivity contribution in [3.63, 3.8) is 0 Å². The van der Waals surface area contributed by atoms with Crippen LogP contribution in [0.3, 0.4) is 0 Å². The maximum atomic E-state index is 14.0. The molecule has 10 heteroatoms. The van der Waals surface area contributed by atoms with Gasteiger partial charge in [0.1, 0.15) is 31.3 Å². The van der Waals surface area contributed by atoms with Gasteiger partial charge in [-0.1, -0.05) is 108 Å². The Labute approximate surface area is 331 Å². The Kier molecular flexibility index (Phi) is 19.1. The third kappa shape index (κ3) is 11.6. The van der Waals surface area contributed by atoms with Crippen LogP contribution in [-0.4, -0.2) is 85.9 Å². The lowest BCUT2D eigenvalue weighted by atomic mass is 9.55. The molecule has 308 valence electrons. The van der Waals surface area contributed by atoms with Crippen LogP contribution < -0.4 is 9.47 Å². The van der Waals surface area contributed by atoms with Gasteiger partial charge in [-0.3, -0.25) is 0 Å². The largest absolute Gasteiger partial charge is 0.490 e. The molecule has 55 heavy (non-hydrogen) atoms. The first-order chi connectivity index (χ1) is 26.9. The van der Waals surface area contributed by atoms with E-state index in [9.17, 15) is 15.0 Å². The summed E-state index contributed by atoms with van der Waals surface area (Å²) in [5.41, 5.74) is 2.76. The molecule has 6 atom stereocenters. The highest BCUT2D eigenvalue weighted by molar-refractivity contribution is 6.02. The number of likely N-dealkylation sites (N-methyl/N-ethyl adjacent to an activating group) is 1. The van der Waals surface area contributed by atoms with E-state index in [1.807, 2.05) is 12.1 Å². The fraction of sp³-hybridized carbons (Fsp3) is 0.689. The highest BCUT2D eigenvalue weighted by atomic mass is 16.7. The molecule has 3 aliphatic rings. The highest BCUT2D eigenvalue weighted by Gasteiger charge is 2.65. The smallest absolute Gasteiger partial charge is 0.409 e. The van der Waals surface area contributed by atoms with E-state index in [0.717, 1.165) is 74.0 Å². The second kappa shape index (κ2) is 23.7. The van der Waals surface area contributed by atoms with E-state index < -0.39 is 17.9 Å². The summed E-state index contributed by atoms with van der Waals surface area (Å²) in [6, 6.07) is 5.32. The lowest BCUT2D eigenvalue weighted by Gasteiger charge is -2.59. The Balaban J connectivity index is 1.70. The van der Waals surface area contributed by atoms with E-state index in [4.69, 9.17) is 23.8 Å². The zero-order chi connectivity index (χ0) is 39.5. The van der Waals surface area contributed by atoms with E-state index in [0.29, 0.717) is 31.8 Å².